The lowest BCUT2D eigenvalue weighted by atomic mass is 9.91. The van der Waals surface area contributed by atoms with E-state index in [0.717, 1.165) is 13.2 Å². The molecule has 1 saturated heterocycles. The summed E-state index contributed by atoms with van der Waals surface area (Å²) in [5.74, 6) is 0. The molecule has 3 heteroatoms. The van der Waals surface area contributed by atoms with Crippen molar-refractivity contribution in [1.29, 1.82) is 0 Å². The van der Waals surface area contributed by atoms with Gasteiger partial charge in [-0.3, -0.25) is 4.90 Å². The van der Waals surface area contributed by atoms with Gasteiger partial charge in [0.15, 0.2) is 0 Å². The smallest absolute Gasteiger partial charge is 0.0597 e. The lowest BCUT2D eigenvalue weighted by Gasteiger charge is -2.46. The zero-order chi connectivity index (χ0) is 14.5. The van der Waals surface area contributed by atoms with Crippen LogP contribution in [0.5, 0.6) is 0 Å². The quantitative estimate of drug-likeness (QED) is 0.842. The van der Waals surface area contributed by atoms with Gasteiger partial charge >= 0.3 is 0 Å². The summed E-state index contributed by atoms with van der Waals surface area (Å²) >= 11 is 0. The van der Waals surface area contributed by atoms with Crippen LogP contribution >= 0.6 is 0 Å². The molecular weight excluding hydrogens is 260 g/mol. The van der Waals surface area contributed by atoms with Gasteiger partial charge in [-0.15, -0.1) is 0 Å². The van der Waals surface area contributed by atoms with Crippen molar-refractivity contribution in [3.05, 3.63) is 0 Å². The van der Waals surface area contributed by atoms with Crippen LogP contribution in [0.1, 0.15) is 71.1 Å². The Hall–Kier alpha value is -0.120. The van der Waals surface area contributed by atoms with Crippen LogP contribution in [-0.2, 0) is 4.74 Å². The van der Waals surface area contributed by atoms with E-state index in [4.69, 9.17) is 4.74 Å². The molecule has 2 aliphatic carbocycles. The van der Waals surface area contributed by atoms with E-state index in [1.165, 1.54) is 77.3 Å². The van der Waals surface area contributed by atoms with Gasteiger partial charge in [-0.05, 0) is 32.1 Å². The van der Waals surface area contributed by atoms with Crippen molar-refractivity contribution in [3.63, 3.8) is 0 Å². The zero-order valence-electron chi connectivity index (χ0n) is 13.9. The molecule has 1 heterocycles. The summed E-state index contributed by atoms with van der Waals surface area (Å²) < 4.78 is 6.17. The lowest BCUT2D eigenvalue weighted by molar-refractivity contribution is -0.00460. The molecule has 0 amide bonds. The molecular formula is C18H34N2O. The van der Waals surface area contributed by atoms with Crippen LogP contribution in [0, 0.1) is 0 Å². The predicted octanol–water partition coefficient (Wildman–Crippen LogP) is 3.33. The Bertz CT molecular complexity index is 308. The minimum atomic E-state index is 0.441. The Morgan fingerprint density at radius 2 is 1.86 bits per heavy atom. The van der Waals surface area contributed by atoms with Gasteiger partial charge in [0.1, 0.15) is 0 Å². The highest BCUT2D eigenvalue weighted by Gasteiger charge is 2.40. The molecule has 3 nitrogen and oxygen atoms in total. The average molecular weight is 294 g/mol. The van der Waals surface area contributed by atoms with Crippen LogP contribution in [0.15, 0.2) is 0 Å². The van der Waals surface area contributed by atoms with E-state index in [1.807, 2.05) is 0 Å². The summed E-state index contributed by atoms with van der Waals surface area (Å²) in [5, 5.41) is 3.88. The second-order valence-corrected chi connectivity index (χ2v) is 7.53. The Morgan fingerprint density at radius 3 is 2.57 bits per heavy atom. The summed E-state index contributed by atoms with van der Waals surface area (Å²) in [7, 11) is 0. The van der Waals surface area contributed by atoms with Crippen molar-refractivity contribution >= 4 is 0 Å². The van der Waals surface area contributed by atoms with E-state index in [-0.39, 0.29) is 0 Å². The second-order valence-electron chi connectivity index (χ2n) is 7.53. The van der Waals surface area contributed by atoms with E-state index in [0.29, 0.717) is 17.7 Å². The topological polar surface area (TPSA) is 24.5 Å². The van der Waals surface area contributed by atoms with Crippen LogP contribution < -0.4 is 5.32 Å². The molecule has 1 unspecified atom stereocenters. The summed E-state index contributed by atoms with van der Waals surface area (Å²) in [6.45, 7) is 6.84. The molecule has 3 fully saturated rings. The molecule has 3 rings (SSSR count). The molecule has 2 saturated carbocycles. The van der Waals surface area contributed by atoms with Gasteiger partial charge < -0.3 is 10.1 Å². The first kappa shape index (κ1) is 15.8. The highest BCUT2D eigenvalue weighted by Crippen LogP contribution is 2.33. The van der Waals surface area contributed by atoms with E-state index in [9.17, 15) is 0 Å². The average Bonchev–Trinajstić information content (AvgIpc) is 2.97. The van der Waals surface area contributed by atoms with Gasteiger partial charge in [-0.25, -0.2) is 0 Å². The van der Waals surface area contributed by atoms with Gasteiger partial charge in [-0.2, -0.15) is 0 Å². The SMILES string of the molecule is CCC1CNC2(CCCC2)CN1CCOC1CCCCC1. The predicted molar refractivity (Wildman–Crippen MR) is 87.7 cm³/mol. The van der Waals surface area contributed by atoms with Crippen LogP contribution in [0.4, 0.5) is 0 Å². The van der Waals surface area contributed by atoms with Crippen molar-refractivity contribution in [2.75, 3.05) is 26.2 Å². The highest BCUT2D eigenvalue weighted by atomic mass is 16.5. The summed E-state index contributed by atoms with van der Waals surface area (Å²) in [5.41, 5.74) is 0.441. The van der Waals surface area contributed by atoms with Crippen molar-refractivity contribution < 1.29 is 4.74 Å². The summed E-state index contributed by atoms with van der Waals surface area (Å²) in [6, 6.07) is 0.714. The van der Waals surface area contributed by atoms with E-state index < -0.39 is 0 Å². The number of nitrogens with one attached hydrogen (secondary N) is 1. The number of hydrogen-bond donors (Lipinski definition) is 1. The Labute approximate surface area is 130 Å². The normalized spacial score (nSPS) is 31.0. The molecule has 0 aromatic heterocycles. The Kier molecular flexibility index (Phi) is 5.58. The third kappa shape index (κ3) is 4.00. The first-order valence-corrected chi connectivity index (χ1v) is 9.42. The summed E-state index contributed by atoms with van der Waals surface area (Å²) in [6.07, 6.45) is 14.1. The van der Waals surface area contributed by atoms with Gasteiger partial charge in [0.05, 0.1) is 12.7 Å². The number of hydrogen-bond acceptors (Lipinski definition) is 3. The minimum absolute atomic E-state index is 0.441. The van der Waals surface area contributed by atoms with Gasteiger partial charge in [0.2, 0.25) is 0 Å². The summed E-state index contributed by atoms with van der Waals surface area (Å²) in [4.78, 5) is 2.73. The maximum atomic E-state index is 6.17. The molecule has 0 radical (unpaired) electrons. The third-order valence-corrected chi connectivity index (χ3v) is 6.05. The molecule has 1 N–H and O–H groups in total. The Morgan fingerprint density at radius 1 is 1.10 bits per heavy atom. The molecule has 0 aromatic carbocycles. The van der Waals surface area contributed by atoms with Crippen LogP contribution in [0.2, 0.25) is 0 Å². The van der Waals surface area contributed by atoms with Gasteiger partial charge in [0.25, 0.3) is 0 Å². The fraction of sp³-hybridized carbons (Fsp3) is 1.00. The van der Waals surface area contributed by atoms with Crippen LogP contribution in [-0.4, -0.2) is 48.8 Å². The number of nitrogens with zero attached hydrogens (tertiary/aromatic N) is 1. The van der Waals surface area contributed by atoms with Crippen molar-refractivity contribution in [2.24, 2.45) is 0 Å². The van der Waals surface area contributed by atoms with E-state index in [1.54, 1.807) is 0 Å². The molecule has 122 valence electrons. The van der Waals surface area contributed by atoms with Gasteiger partial charge in [-0.1, -0.05) is 39.0 Å². The van der Waals surface area contributed by atoms with Crippen LogP contribution in [0.3, 0.4) is 0 Å². The van der Waals surface area contributed by atoms with Gasteiger partial charge in [0, 0.05) is 31.2 Å². The molecule has 1 spiro atoms. The molecule has 3 aliphatic rings. The standard InChI is InChI=1S/C18H34N2O/c1-2-16-14-19-18(10-6-7-11-18)15-20(16)12-13-21-17-8-4-3-5-9-17/h16-17,19H,2-15H2,1H3. The monoisotopic (exact) mass is 294 g/mol. The minimum Gasteiger partial charge on any atom is -0.377 e. The molecule has 0 aromatic rings. The lowest BCUT2D eigenvalue weighted by Crippen LogP contribution is -2.63. The van der Waals surface area contributed by atoms with Crippen molar-refractivity contribution in [3.8, 4) is 0 Å². The fourth-order valence-corrected chi connectivity index (χ4v) is 4.66. The highest BCUT2D eigenvalue weighted by molar-refractivity contribution is 5.00. The number of piperazine rings is 1. The largest absolute Gasteiger partial charge is 0.377 e. The fourth-order valence-electron chi connectivity index (χ4n) is 4.66. The van der Waals surface area contributed by atoms with E-state index in [2.05, 4.69) is 17.1 Å². The van der Waals surface area contributed by atoms with Crippen molar-refractivity contribution in [2.45, 2.75) is 88.8 Å². The number of rotatable bonds is 5. The van der Waals surface area contributed by atoms with Crippen LogP contribution in [0.25, 0.3) is 0 Å². The molecule has 1 aliphatic heterocycles. The molecule has 0 bridgehead atoms. The third-order valence-electron chi connectivity index (χ3n) is 6.05. The maximum Gasteiger partial charge on any atom is 0.0597 e. The molecule has 1 atom stereocenters. The van der Waals surface area contributed by atoms with Crippen molar-refractivity contribution in [1.82, 2.24) is 10.2 Å². The second kappa shape index (κ2) is 7.43. The zero-order valence-corrected chi connectivity index (χ0v) is 13.9. The Balaban J connectivity index is 1.46. The first-order valence-electron chi connectivity index (χ1n) is 9.42. The first-order chi connectivity index (χ1) is 10.3. The molecule has 21 heavy (non-hydrogen) atoms. The van der Waals surface area contributed by atoms with E-state index >= 15 is 0 Å². The number of ether oxygens (including phenoxy) is 1. The maximum absolute atomic E-state index is 6.17.